The Balaban J connectivity index is 2.48. The lowest BCUT2D eigenvalue weighted by Gasteiger charge is -2.34. The van der Waals surface area contributed by atoms with Crippen molar-refractivity contribution in [1.29, 1.82) is 0 Å². The van der Waals surface area contributed by atoms with Crippen LogP contribution in [0.2, 0.25) is 0 Å². The fourth-order valence-electron chi connectivity index (χ4n) is 3.63. The molecule has 0 aliphatic heterocycles. The second-order valence-electron chi connectivity index (χ2n) is 9.69. The van der Waals surface area contributed by atoms with Crippen LogP contribution in [-0.4, -0.2) is 58.5 Å². The molecule has 2 unspecified atom stereocenters. The van der Waals surface area contributed by atoms with E-state index in [1.807, 2.05) is 51.1 Å². The van der Waals surface area contributed by atoms with Crippen molar-refractivity contribution in [3.63, 3.8) is 0 Å². The quantitative estimate of drug-likeness (QED) is 0.379. The Bertz CT molecular complexity index is 1080. The van der Waals surface area contributed by atoms with E-state index in [1.165, 1.54) is 4.90 Å². The zero-order chi connectivity index (χ0) is 27.0. The topological polar surface area (TPSA) is 108 Å². The Morgan fingerprint density at radius 2 is 1.69 bits per heavy atom. The minimum Gasteiger partial charge on any atom is -0.444 e. The summed E-state index contributed by atoms with van der Waals surface area (Å²) in [5, 5.41) is 15.3. The number of rotatable bonds is 9. The molecular weight excluding hydrogens is 478 g/mol. The normalized spacial score (nSPS) is 12.9. The highest BCUT2D eigenvalue weighted by molar-refractivity contribution is 7.80. The van der Waals surface area contributed by atoms with Crippen LogP contribution in [0.5, 0.6) is 0 Å². The number of nitrogens with zero attached hydrogens (tertiary/aromatic N) is 1. The van der Waals surface area contributed by atoms with Crippen LogP contribution < -0.4 is 10.6 Å². The smallest absolute Gasteiger partial charge is 0.408 e. The number of nitrogens with one attached hydrogen (secondary N) is 2. The van der Waals surface area contributed by atoms with Gasteiger partial charge in [-0.2, -0.15) is 12.6 Å². The van der Waals surface area contributed by atoms with E-state index in [0.717, 1.165) is 16.7 Å². The van der Waals surface area contributed by atoms with Crippen molar-refractivity contribution in [1.82, 2.24) is 10.2 Å². The van der Waals surface area contributed by atoms with Gasteiger partial charge in [0.1, 0.15) is 17.7 Å². The molecule has 2 rings (SSSR count). The Morgan fingerprint density at radius 3 is 2.25 bits per heavy atom. The first kappa shape index (κ1) is 29.2. The van der Waals surface area contributed by atoms with Crippen molar-refractivity contribution in [3.8, 4) is 0 Å². The maximum Gasteiger partial charge on any atom is 0.408 e. The fourth-order valence-corrected chi connectivity index (χ4v) is 3.88. The van der Waals surface area contributed by atoms with E-state index in [-0.39, 0.29) is 18.9 Å². The third-order valence-corrected chi connectivity index (χ3v) is 5.97. The second-order valence-corrected chi connectivity index (χ2v) is 10.1. The third kappa shape index (κ3) is 7.99. The Kier molecular flexibility index (Phi) is 10.4. The number of alkyl carbamates (subject to hydrolysis) is 1. The zero-order valence-electron chi connectivity index (χ0n) is 21.8. The van der Waals surface area contributed by atoms with Crippen molar-refractivity contribution >= 4 is 36.2 Å². The summed E-state index contributed by atoms with van der Waals surface area (Å²) in [4.78, 5) is 41.0. The van der Waals surface area contributed by atoms with Gasteiger partial charge in [0.15, 0.2) is 0 Å². The van der Waals surface area contributed by atoms with Crippen LogP contribution in [0.4, 0.5) is 10.5 Å². The molecule has 0 aliphatic carbocycles. The number of para-hydroxylation sites is 1. The number of benzene rings is 2. The average Bonchev–Trinajstić information content (AvgIpc) is 2.79. The Hall–Kier alpha value is -3.04. The van der Waals surface area contributed by atoms with Crippen molar-refractivity contribution in [2.75, 3.05) is 24.2 Å². The van der Waals surface area contributed by atoms with Crippen LogP contribution in [0, 0.1) is 20.8 Å². The van der Waals surface area contributed by atoms with E-state index in [2.05, 4.69) is 23.3 Å². The van der Waals surface area contributed by atoms with Crippen LogP contribution in [-0.2, 0) is 14.3 Å². The maximum atomic E-state index is 13.7. The molecule has 0 aliphatic rings. The van der Waals surface area contributed by atoms with Gasteiger partial charge in [0.2, 0.25) is 5.91 Å². The lowest BCUT2D eigenvalue weighted by Crippen LogP contribution is -2.53. The molecule has 2 atom stereocenters. The number of amides is 3. The molecule has 3 amide bonds. The van der Waals surface area contributed by atoms with Gasteiger partial charge in [-0.1, -0.05) is 36.4 Å². The molecule has 0 spiro atoms. The highest BCUT2D eigenvalue weighted by Gasteiger charge is 2.36. The predicted molar refractivity (Wildman–Crippen MR) is 144 cm³/mol. The SMILES string of the molecule is Cc1ccc(C(C(=O)Nc2ccccc2C)N(CCO)C(=O)C(CS)NC(=O)OC(C)(C)C)cc1C. The summed E-state index contributed by atoms with van der Waals surface area (Å²) in [5.74, 6) is -1.03. The standard InChI is InChI=1S/C27H37N3O5S/c1-17-11-12-20(15-19(17)3)23(24(32)28-21-10-8-7-9-18(21)2)30(13-14-31)25(33)22(16-36)29-26(34)35-27(4,5)6/h7-12,15,22-23,31,36H,13-14,16H2,1-6H3,(H,28,32)(H,29,34). The molecule has 36 heavy (non-hydrogen) atoms. The summed E-state index contributed by atoms with van der Waals surface area (Å²) in [5.41, 5.74) is 3.30. The zero-order valence-corrected chi connectivity index (χ0v) is 22.7. The maximum absolute atomic E-state index is 13.7. The number of hydrogen-bond donors (Lipinski definition) is 4. The first-order valence-electron chi connectivity index (χ1n) is 11.8. The predicted octanol–water partition coefficient (Wildman–Crippen LogP) is 3.94. The monoisotopic (exact) mass is 515 g/mol. The summed E-state index contributed by atoms with van der Waals surface area (Å²) in [6.07, 6.45) is -0.772. The molecular formula is C27H37N3O5S. The van der Waals surface area contributed by atoms with E-state index >= 15 is 0 Å². The van der Waals surface area contributed by atoms with Gasteiger partial charge in [-0.25, -0.2) is 4.79 Å². The fraction of sp³-hybridized carbons (Fsp3) is 0.444. The van der Waals surface area contributed by atoms with Crippen molar-refractivity contribution < 1.29 is 24.2 Å². The molecule has 0 saturated heterocycles. The van der Waals surface area contributed by atoms with Crippen LogP contribution in [0.25, 0.3) is 0 Å². The number of aliphatic hydroxyl groups excluding tert-OH is 1. The minimum absolute atomic E-state index is 0.0287. The molecule has 0 fully saturated rings. The molecule has 0 heterocycles. The number of hydrogen-bond acceptors (Lipinski definition) is 6. The highest BCUT2D eigenvalue weighted by Crippen LogP contribution is 2.27. The molecule has 9 heteroatoms. The molecule has 8 nitrogen and oxygen atoms in total. The summed E-state index contributed by atoms with van der Waals surface area (Å²) in [6.45, 7) is 10.4. The van der Waals surface area contributed by atoms with Crippen LogP contribution in [0.1, 0.15) is 49.1 Å². The summed E-state index contributed by atoms with van der Waals surface area (Å²) in [7, 11) is 0. The van der Waals surface area contributed by atoms with Crippen molar-refractivity contribution in [3.05, 3.63) is 64.7 Å². The summed E-state index contributed by atoms with van der Waals surface area (Å²) in [6, 6.07) is 10.7. The molecule has 2 aromatic carbocycles. The lowest BCUT2D eigenvalue weighted by atomic mass is 9.98. The van der Waals surface area contributed by atoms with Gasteiger partial charge < -0.3 is 25.4 Å². The summed E-state index contributed by atoms with van der Waals surface area (Å²) < 4.78 is 5.29. The average molecular weight is 516 g/mol. The number of aryl methyl sites for hydroxylation is 3. The van der Waals surface area contributed by atoms with Crippen LogP contribution in [0.3, 0.4) is 0 Å². The number of carbonyl (C=O) groups is 3. The van der Waals surface area contributed by atoms with Gasteiger partial charge >= 0.3 is 6.09 Å². The number of aliphatic hydroxyl groups is 1. The molecule has 2 aromatic rings. The molecule has 0 radical (unpaired) electrons. The van der Waals surface area contributed by atoms with Gasteiger partial charge in [0, 0.05) is 18.0 Å². The van der Waals surface area contributed by atoms with E-state index < -0.39 is 35.6 Å². The van der Waals surface area contributed by atoms with Gasteiger partial charge in [-0.3, -0.25) is 9.59 Å². The number of carbonyl (C=O) groups excluding carboxylic acids is 3. The minimum atomic E-state index is -1.07. The number of anilines is 1. The van der Waals surface area contributed by atoms with Gasteiger partial charge in [-0.05, 0) is 69.9 Å². The molecule has 0 saturated carbocycles. The van der Waals surface area contributed by atoms with Crippen LogP contribution >= 0.6 is 12.6 Å². The van der Waals surface area contributed by atoms with E-state index in [1.54, 1.807) is 32.9 Å². The number of thiol groups is 1. The van der Waals surface area contributed by atoms with Gasteiger partial charge in [-0.15, -0.1) is 0 Å². The molecule has 0 aromatic heterocycles. The van der Waals surface area contributed by atoms with E-state index in [9.17, 15) is 19.5 Å². The van der Waals surface area contributed by atoms with Gasteiger partial charge in [0.25, 0.3) is 5.91 Å². The lowest BCUT2D eigenvalue weighted by molar-refractivity contribution is -0.140. The first-order chi connectivity index (χ1) is 16.9. The Morgan fingerprint density at radius 1 is 1.03 bits per heavy atom. The molecule has 3 N–H and O–H groups in total. The Labute approximate surface area is 218 Å². The number of ether oxygens (including phenoxy) is 1. The van der Waals surface area contributed by atoms with Crippen LogP contribution in [0.15, 0.2) is 42.5 Å². The van der Waals surface area contributed by atoms with E-state index in [0.29, 0.717) is 11.3 Å². The second kappa shape index (κ2) is 12.8. The first-order valence-corrected chi connectivity index (χ1v) is 12.5. The molecule has 0 bridgehead atoms. The summed E-state index contributed by atoms with van der Waals surface area (Å²) >= 11 is 4.25. The third-order valence-electron chi connectivity index (χ3n) is 5.61. The largest absolute Gasteiger partial charge is 0.444 e. The molecule has 196 valence electrons. The van der Waals surface area contributed by atoms with Crippen molar-refractivity contribution in [2.45, 2.75) is 59.2 Å². The van der Waals surface area contributed by atoms with Crippen molar-refractivity contribution in [2.24, 2.45) is 0 Å². The van der Waals surface area contributed by atoms with Gasteiger partial charge in [0.05, 0.1) is 6.61 Å². The highest BCUT2D eigenvalue weighted by atomic mass is 32.1. The van der Waals surface area contributed by atoms with E-state index in [4.69, 9.17) is 4.74 Å².